The average Bonchev–Trinajstić information content (AvgIpc) is 2.79. The van der Waals surface area contributed by atoms with Gasteiger partial charge in [-0.05, 0) is 76.6 Å². The third-order valence-corrected chi connectivity index (χ3v) is 7.43. The number of rotatable bonds is 6. The minimum atomic E-state index is -0.525. The van der Waals surface area contributed by atoms with E-state index < -0.39 is 11.0 Å². The average molecular weight is 454 g/mol. The van der Waals surface area contributed by atoms with Crippen LogP contribution in [0.2, 0.25) is 0 Å². The highest BCUT2D eigenvalue weighted by Crippen LogP contribution is 2.42. The molecule has 0 unspecified atom stereocenters. The van der Waals surface area contributed by atoms with E-state index in [0.717, 1.165) is 69.3 Å². The molecule has 33 heavy (non-hydrogen) atoms. The van der Waals surface area contributed by atoms with Crippen molar-refractivity contribution in [1.29, 1.82) is 0 Å². The molecule has 1 aromatic carbocycles. The van der Waals surface area contributed by atoms with Gasteiger partial charge in [0.05, 0.1) is 11.8 Å². The van der Waals surface area contributed by atoms with E-state index in [1.165, 1.54) is 6.42 Å². The first-order valence-electron chi connectivity index (χ1n) is 12.7. The third-order valence-electron chi connectivity index (χ3n) is 7.43. The van der Waals surface area contributed by atoms with Crippen LogP contribution < -0.4 is 0 Å². The van der Waals surface area contributed by atoms with E-state index in [0.29, 0.717) is 5.92 Å². The third kappa shape index (κ3) is 5.87. The molecule has 4 aliphatic rings. The lowest BCUT2D eigenvalue weighted by molar-refractivity contribution is -0.167. The van der Waals surface area contributed by atoms with Gasteiger partial charge >= 0.3 is 11.9 Å². The van der Waals surface area contributed by atoms with Crippen molar-refractivity contribution in [1.82, 2.24) is 4.90 Å². The maximum atomic E-state index is 13.6. The molecule has 3 heterocycles. The molecule has 4 fully saturated rings. The van der Waals surface area contributed by atoms with Crippen molar-refractivity contribution in [2.75, 3.05) is 19.6 Å². The Bertz CT molecular complexity index is 853. The van der Waals surface area contributed by atoms with Crippen molar-refractivity contribution >= 4 is 18.0 Å². The molecule has 1 aromatic rings. The summed E-state index contributed by atoms with van der Waals surface area (Å²) in [5.41, 5.74) is 1.09. The maximum Gasteiger partial charge on any atom is 0.316 e. The van der Waals surface area contributed by atoms with E-state index in [4.69, 9.17) is 9.47 Å². The number of hydrogen-bond acceptors (Lipinski definition) is 5. The zero-order chi connectivity index (χ0) is 23.5. The van der Waals surface area contributed by atoms with E-state index in [2.05, 4.69) is 17.0 Å². The molecule has 5 heteroatoms. The molecule has 1 aliphatic carbocycles. The standard InChI is InChI=1S/C28H39NO4/c1-27(2,3)33-25(30)9-7-8-21-10-12-23(13-11-21)28(16-5-4-6-17-28)26(31)32-24-20-29-18-14-22(24)15-19-29/h7-8,10-13,22,24H,4-6,9,14-20H2,1-3H3/b8-7+/t24-/m0/s1. The molecule has 5 nitrogen and oxygen atoms in total. The smallest absolute Gasteiger partial charge is 0.316 e. The Hall–Kier alpha value is -2.14. The molecule has 3 saturated heterocycles. The number of benzene rings is 1. The highest BCUT2D eigenvalue weighted by molar-refractivity contribution is 5.84. The number of ether oxygens (including phenoxy) is 2. The SMILES string of the molecule is CC(C)(C)OC(=O)C/C=C/c1ccc(C2(C(=O)O[C@H]3CN4CCC3CC4)CCCCC2)cc1. The first-order valence-corrected chi connectivity index (χ1v) is 12.7. The van der Waals surface area contributed by atoms with E-state index >= 15 is 0 Å². The van der Waals surface area contributed by atoms with Crippen LogP contribution >= 0.6 is 0 Å². The Morgan fingerprint density at radius 2 is 1.73 bits per heavy atom. The molecule has 0 amide bonds. The molecule has 3 aliphatic heterocycles. The van der Waals surface area contributed by atoms with Gasteiger partial charge in [0.2, 0.25) is 0 Å². The second-order valence-electron chi connectivity index (χ2n) is 11.0. The predicted octanol–water partition coefficient (Wildman–Crippen LogP) is 5.27. The summed E-state index contributed by atoms with van der Waals surface area (Å²) in [7, 11) is 0. The fraction of sp³-hybridized carbons (Fsp3) is 0.643. The van der Waals surface area contributed by atoms with Crippen LogP contribution in [0.3, 0.4) is 0 Å². The second kappa shape index (κ2) is 10.0. The number of hydrogen-bond donors (Lipinski definition) is 0. The summed E-state index contributed by atoms with van der Waals surface area (Å²) in [6, 6.07) is 8.24. The van der Waals surface area contributed by atoms with E-state index in [-0.39, 0.29) is 24.5 Å². The van der Waals surface area contributed by atoms with Gasteiger partial charge in [-0.15, -0.1) is 0 Å². The van der Waals surface area contributed by atoms with Crippen LogP contribution in [0.1, 0.15) is 83.3 Å². The zero-order valence-corrected chi connectivity index (χ0v) is 20.5. The van der Waals surface area contributed by atoms with Gasteiger partial charge in [-0.3, -0.25) is 14.5 Å². The Balaban J connectivity index is 1.43. The van der Waals surface area contributed by atoms with Crippen LogP contribution in [-0.4, -0.2) is 48.2 Å². The summed E-state index contributed by atoms with van der Waals surface area (Å²) in [6.45, 7) is 8.80. The summed E-state index contributed by atoms with van der Waals surface area (Å²) < 4.78 is 11.6. The van der Waals surface area contributed by atoms with Crippen molar-refractivity contribution in [3.8, 4) is 0 Å². The Kier molecular flexibility index (Phi) is 7.28. The monoisotopic (exact) mass is 453 g/mol. The van der Waals surface area contributed by atoms with Gasteiger partial charge in [-0.2, -0.15) is 0 Å². The number of fused-ring (bicyclic) bond motifs is 3. The van der Waals surface area contributed by atoms with E-state index in [1.54, 1.807) is 0 Å². The van der Waals surface area contributed by atoms with Crippen molar-refractivity contribution in [3.05, 3.63) is 41.5 Å². The molecule has 0 radical (unpaired) electrons. The lowest BCUT2D eigenvalue weighted by Gasteiger charge is -2.45. The Morgan fingerprint density at radius 3 is 2.30 bits per heavy atom. The van der Waals surface area contributed by atoms with Crippen LogP contribution in [0.25, 0.3) is 6.08 Å². The Labute approximate surface area is 198 Å². The molecule has 0 spiro atoms. The summed E-state index contributed by atoms with van der Waals surface area (Å²) >= 11 is 0. The van der Waals surface area contributed by atoms with Gasteiger partial charge in [0.1, 0.15) is 11.7 Å². The van der Waals surface area contributed by atoms with Gasteiger partial charge in [-0.1, -0.05) is 55.7 Å². The lowest BCUT2D eigenvalue weighted by atomic mass is 9.69. The molecular formula is C28H39NO4. The van der Waals surface area contributed by atoms with Crippen LogP contribution in [0.5, 0.6) is 0 Å². The summed E-state index contributed by atoms with van der Waals surface area (Å²) in [5, 5.41) is 0. The fourth-order valence-corrected chi connectivity index (χ4v) is 5.65. The summed E-state index contributed by atoms with van der Waals surface area (Å²) in [4.78, 5) is 27.9. The van der Waals surface area contributed by atoms with Crippen LogP contribution in [0.15, 0.2) is 30.3 Å². The van der Waals surface area contributed by atoms with Gasteiger partial charge in [0.25, 0.3) is 0 Å². The van der Waals surface area contributed by atoms with Gasteiger partial charge in [0, 0.05) is 6.54 Å². The van der Waals surface area contributed by atoms with Crippen molar-refractivity contribution in [2.45, 2.75) is 89.3 Å². The summed E-state index contributed by atoms with van der Waals surface area (Å²) in [6.07, 6.45) is 11.4. The Morgan fingerprint density at radius 1 is 1.06 bits per heavy atom. The molecule has 180 valence electrons. The number of carbonyl (C=O) groups is 2. The fourth-order valence-electron chi connectivity index (χ4n) is 5.65. The van der Waals surface area contributed by atoms with Crippen LogP contribution in [0.4, 0.5) is 0 Å². The van der Waals surface area contributed by atoms with Gasteiger partial charge in [0.15, 0.2) is 0 Å². The largest absolute Gasteiger partial charge is 0.460 e. The highest BCUT2D eigenvalue weighted by atomic mass is 16.6. The van der Waals surface area contributed by atoms with Crippen LogP contribution in [0, 0.1) is 5.92 Å². The van der Waals surface area contributed by atoms with E-state index in [9.17, 15) is 9.59 Å². The van der Waals surface area contributed by atoms with Crippen molar-refractivity contribution in [2.24, 2.45) is 5.92 Å². The first-order chi connectivity index (χ1) is 15.7. The predicted molar refractivity (Wildman–Crippen MR) is 130 cm³/mol. The molecule has 1 atom stereocenters. The molecular weight excluding hydrogens is 414 g/mol. The zero-order valence-electron chi connectivity index (χ0n) is 20.5. The number of piperidine rings is 3. The topological polar surface area (TPSA) is 55.8 Å². The van der Waals surface area contributed by atoms with Gasteiger partial charge < -0.3 is 9.47 Å². The van der Waals surface area contributed by atoms with Crippen molar-refractivity contribution < 1.29 is 19.1 Å². The molecule has 0 N–H and O–H groups in total. The number of esters is 2. The molecule has 5 rings (SSSR count). The van der Waals surface area contributed by atoms with Gasteiger partial charge in [-0.25, -0.2) is 0 Å². The molecule has 0 aromatic heterocycles. The minimum Gasteiger partial charge on any atom is -0.460 e. The number of nitrogens with zero attached hydrogens (tertiary/aromatic N) is 1. The molecule has 2 bridgehead atoms. The van der Waals surface area contributed by atoms with E-state index in [1.807, 2.05) is 45.1 Å². The normalized spacial score (nSPS) is 26.8. The maximum absolute atomic E-state index is 13.6. The lowest BCUT2D eigenvalue weighted by Crippen LogP contribution is -2.53. The summed E-state index contributed by atoms with van der Waals surface area (Å²) in [5.74, 6) is 0.276. The van der Waals surface area contributed by atoms with Crippen LogP contribution in [-0.2, 0) is 24.5 Å². The highest BCUT2D eigenvalue weighted by Gasteiger charge is 2.45. The molecule has 1 saturated carbocycles. The number of carbonyl (C=O) groups excluding carboxylic acids is 2. The minimum absolute atomic E-state index is 0.0193. The van der Waals surface area contributed by atoms with Crippen molar-refractivity contribution in [3.63, 3.8) is 0 Å². The second-order valence-corrected chi connectivity index (χ2v) is 11.0. The quantitative estimate of drug-likeness (QED) is 0.549. The first kappa shape index (κ1) is 24.0.